The Bertz CT molecular complexity index is 2720. The fraction of sp³-hybridized carbons (Fsp3) is 0.200. The van der Waals surface area contributed by atoms with Crippen LogP contribution in [0.5, 0.6) is 0 Å². The van der Waals surface area contributed by atoms with Gasteiger partial charge in [-0.2, -0.15) is 20.4 Å². The Morgan fingerprint density at radius 1 is 0.458 bits per heavy atom. The zero-order valence-corrected chi connectivity index (χ0v) is 33.7. The Morgan fingerprint density at radius 3 is 1.80 bits per heavy atom. The molecular formula is C45H48N14. The number of rotatable bonds is 0. The number of benzene rings is 4. The molecule has 12 rings (SSSR count). The van der Waals surface area contributed by atoms with Crippen LogP contribution in [-0.2, 0) is 60.7 Å². The summed E-state index contributed by atoms with van der Waals surface area (Å²) >= 11 is 0. The van der Waals surface area contributed by atoms with Gasteiger partial charge in [0.15, 0.2) is 11.6 Å². The number of hydrogen-bond donors (Lipinski definition) is 6. The number of aromatic nitrogens is 8. The van der Waals surface area contributed by atoms with Crippen LogP contribution in [0.25, 0.3) is 11.3 Å². The molecule has 298 valence electrons. The molecule has 6 N–H and O–H groups in total. The second-order valence-corrected chi connectivity index (χ2v) is 14.8. The third kappa shape index (κ3) is 7.80. The SMILES string of the molecule is Cn1cc2c(n1)NCc1ccccc1N2.Cn1ncc2c1-c1ccccc1NC2.Cn1ncc2c1CCc1ccccc1N2.Cn1ncc2c1Nc1ccccc1CN2. The Labute approximate surface area is 343 Å². The van der Waals surface area contributed by atoms with E-state index in [9.17, 15) is 0 Å². The molecule has 4 aromatic carbocycles. The van der Waals surface area contributed by atoms with Crippen LogP contribution in [-0.4, -0.2) is 39.1 Å². The maximum Gasteiger partial charge on any atom is 0.172 e. The van der Waals surface area contributed by atoms with Crippen LogP contribution in [0.1, 0.15) is 27.9 Å². The Balaban J connectivity index is 0.000000101. The second-order valence-electron chi connectivity index (χ2n) is 14.8. The van der Waals surface area contributed by atoms with E-state index in [-0.39, 0.29) is 0 Å². The predicted molar refractivity (Wildman–Crippen MR) is 237 cm³/mol. The highest BCUT2D eigenvalue weighted by Crippen LogP contribution is 2.35. The standard InChI is InChI=1S/C12H13N3.2C11H12N4.C11H11N3/c1-15-12-7-6-9-4-2-3-5-10(9)14-11(12)8-13-15;1-15-7-10-11(14-15)12-6-8-4-2-3-5-9(8)13-10;1-15-11-10(7-13-15)12-6-8-4-2-3-5-9(8)14-11;1-14-11-8(7-13-14)6-12-10-5-3-2-4-9(10)11/h2-5,8,14H,6-7H2,1H3;2-5,7,13H,6H2,1H3,(H,12,14);2-5,7,12,14H,6H2,1H3;2-5,7,12H,6H2,1H3. The van der Waals surface area contributed by atoms with Crippen molar-refractivity contribution in [1.82, 2.24) is 39.1 Å². The Morgan fingerprint density at radius 2 is 1.02 bits per heavy atom. The molecule has 0 radical (unpaired) electrons. The first-order valence-electron chi connectivity index (χ1n) is 19.8. The van der Waals surface area contributed by atoms with Crippen molar-refractivity contribution in [1.29, 1.82) is 0 Å². The van der Waals surface area contributed by atoms with Gasteiger partial charge >= 0.3 is 0 Å². The smallest absolute Gasteiger partial charge is 0.172 e. The molecule has 8 aromatic rings. The molecule has 0 spiro atoms. The van der Waals surface area contributed by atoms with Crippen molar-refractivity contribution in [2.45, 2.75) is 32.5 Å². The van der Waals surface area contributed by atoms with Crippen LogP contribution in [0, 0.1) is 0 Å². The Kier molecular flexibility index (Phi) is 10.2. The van der Waals surface area contributed by atoms with Gasteiger partial charge in [-0.05, 0) is 53.8 Å². The lowest BCUT2D eigenvalue weighted by molar-refractivity contribution is 0.706. The second kappa shape index (κ2) is 16.2. The lowest BCUT2D eigenvalue weighted by atomic mass is 10.0. The van der Waals surface area contributed by atoms with Crippen molar-refractivity contribution in [3.63, 3.8) is 0 Å². The highest BCUT2D eigenvalue weighted by atomic mass is 15.3. The van der Waals surface area contributed by atoms with Gasteiger partial charge in [0.05, 0.1) is 47.6 Å². The van der Waals surface area contributed by atoms with Crippen LogP contribution in [0.2, 0.25) is 0 Å². The molecule has 14 nitrogen and oxygen atoms in total. The molecule has 8 heterocycles. The minimum absolute atomic E-state index is 0.813. The molecule has 59 heavy (non-hydrogen) atoms. The number of para-hydroxylation sites is 4. The van der Waals surface area contributed by atoms with Crippen molar-refractivity contribution in [3.05, 3.63) is 150 Å². The Hall–Kier alpha value is -7.48. The van der Waals surface area contributed by atoms with E-state index in [2.05, 4.69) is 125 Å². The van der Waals surface area contributed by atoms with E-state index < -0.39 is 0 Å². The van der Waals surface area contributed by atoms with Crippen molar-refractivity contribution in [3.8, 4) is 11.3 Å². The molecule has 4 aliphatic rings. The van der Waals surface area contributed by atoms with Gasteiger partial charge in [0, 0.05) is 81.7 Å². The zero-order valence-electron chi connectivity index (χ0n) is 33.7. The number of fused-ring (bicyclic) bond motifs is 9. The first kappa shape index (κ1) is 37.1. The molecule has 0 atom stereocenters. The van der Waals surface area contributed by atoms with Crippen LogP contribution in [0.15, 0.2) is 122 Å². The number of aryl methyl sites for hydroxylation is 5. The van der Waals surface area contributed by atoms with Crippen molar-refractivity contribution in [2.24, 2.45) is 28.2 Å². The van der Waals surface area contributed by atoms with E-state index >= 15 is 0 Å². The maximum atomic E-state index is 4.34. The number of hydrogen-bond acceptors (Lipinski definition) is 10. The highest BCUT2D eigenvalue weighted by molar-refractivity contribution is 5.80. The van der Waals surface area contributed by atoms with Gasteiger partial charge < -0.3 is 31.9 Å². The van der Waals surface area contributed by atoms with Crippen LogP contribution in [0.4, 0.5) is 51.4 Å². The van der Waals surface area contributed by atoms with Gasteiger partial charge in [-0.3, -0.25) is 18.7 Å². The van der Waals surface area contributed by atoms with E-state index in [1.807, 2.05) is 91.3 Å². The van der Waals surface area contributed by atoms with Crippen molar-refractivity contribution < 1.29 is 0 Å². The lowest BCUT2D eigenvalue weighted by Crippen LogP contribution is -2.08. The van der Waals surface area contributed by atoms with Gasteiger partial charge in [-0.15, -0.1) is 0 Å². The van der Waals surface area contributed by atoms with E-state index in [1.54, 1.807) is 4.68 Å². The monoisotopic (exact) mass is 784 g/mol. The maximum absolute atomic E-state index is 4.34. The summed E-state index contributed by atoms with van der Waals surface area (Å²) in [6.45, 7) is 2.52. The molecule has 4 aromatic heterocycles. The largest absolute Gasteiger partial charge is 0.380 e. The van der Waals surface area contributed by atoms with E-state index in [1.165, 1.54) is 50.6 Å². The summed E-state index contributed by atoms with van der Waals surface area (Å²) in [5.41, 5.74) is 16.9. The van der Waals surface area contributed by atoms with Crippen molar-refractivity contribution in [2.75, 3.05) is 31.9 Å². The van der Waals surface area contributed by atoms with E-state index in [4.69, 9.17) is 0 Å². The van der Waals surface area contributed by atoms with Crippen molar-refractivity contribution >= 4 is 51.4 Å². The number of anilines is 9. The molecule has 14 heteroatoms. The minimum atomic E-state index is 0.813. The van der Waals surface area contributed by atoms with E-state index in [0.717, 1.165) is 72.5 Å². The molecule has 0 amide bonds. The average molecular weight is 785 g/mol. The third-order valence-corrected chi connectivity index (χ3v) is 10.9. The summed E-state index contributed by atoms with van der Waals surface area (Å²) in [4.78, 5) is 0. The summed E-state index contributed by atoms with van der Waals surface area (Å²) in [5, 5.41) is 37.3. The van der Waals surface area contributed by atoms with Gasteiger partial charge in [0.1, 0.15) is 5.69 Å². The summed E-state index contributed by atoms with van der Waals surface area (Å²) in [5.74, 6) is 1.92. The molecule has 4 aliphatic heterocycles. The van der Waals surface area contributed by atoms with Crippen LogP contribution in [0.3, 0.4) is 0 Å². The molecule has 0 unspecified atom stereocenters. The fourth-order valence-corrected chi connectivity index (χ4v) is 7.78. The van der Waals surface area contributed by atoms with E-state index in [0.29, 0.717) is 0 Å². The first-order valence-corrected chi connectivity index (χ1v) is 19.8. The lowest BCUT2D eigenvalue weighted by Gasteiger charge is -2.18. The summed E-state index contributed by atoms with van der Waals surface area (Å²) in [7, 11) is 7.84. The number of nitrogens with zero attached hydrogens (tertiary/aromatic N) is 8. The third-order valence-electron chi connectivity index (χ3n) is 10.9. The fourth-order valence-electron chi connectivity index (χ4n) is 7.78. The van der Waals surface area contributed by atoms with Gasteiger partial charge in [-0.1, -0.05) is 72.8 Å². The normalized spacial score (nSPS) is 13.2. The molecular weight excluding hydrogens is 737 g/mol. The highest BCUT2D eigenvalue weighted by Gasteiger charge is 2.19. The van der Waals surface area contributed by atoms with Gasteiger partial charge in [-0.25, -0.2) is 0 Å². The number of nitrogens with one attached hydrogen (secondary N) is 6. The quantitative estimate of drug-likeness (QED) is 0.0887. The molecule has 0 saturated heterocycles. The molecule has 0 saturated carbocycles. The minimum Gasteiger partial charge on any atom is -0.380 e. The predicted octanol–water partition coefficient (Wildman–Crippen LogP) is 8.45. The van der Waals surface area contributed by atoms with Gasteiger partial charge in [0.2, 0.25) is 0 Å². The summed E-state index contributed by atoms with van der Waals surface area (Å²) in [6.07, 6.45) is 9.78. The molecule has 0 fully saturated rings. The molecule has 0 bridgehead atoms. The first-order chi connectivity index (χ1) is 28.9. The average Bonchev–Trinajstić information content (AvgIpc) is 3.91. The topological polar surface area (TPSA) is 143 Å². The summed E-state index contributed by atoms with van der Waals surface area (Å²) in [6, 6.07) is 33.4. The van der Waals surface area contributed by atoms with Crippen LogP contribution >= 0.6 is 0 Å². The van der Waals surface area contributed by atoms with Crippen LogP contribution < -0.4 is 31.9 Å². The van der Waals surface area contributed by atoms with Gasteiger partial charge in [0.25, 0.3) is 0 Å². The molecule has 0 aliphatic carbocycles. The summed E-state index contributed by atoms with van der Waals surface area (Å²) < 4.78 is 7.53. The zero-order chi connectivity index (χ0) is 40.3.